The van der Waals surface area contributed by atoms with Gasteiger partial charge >= 0.3 is 0 Å². The number of nitrogens with one attached hydrogen (secondary N) is 2. The second-order valence-electron chi connectivity index (χ2n) is 9.19. The van der Waals surface area contributed by atoms with Crippen molar-refractivity contribution in [3.63, 3.8) is 0 Å². The molecule has 0 aliphatic carbocycles. The lowest BCUT2D eigenvalue weighted by Gasteiger charge is -2.34. The van der Waals surface area contributed by atoms with Crippen LogP contribution in [0.25, 0.3) is 0 Å². The number of amidine groups is 1. The minimum absolute atomic E-state index is 0.113. The summed E-state index contributed by atoms with van der Waals surface area (Å²) >= 11 is 0. The average molecular weight is 498 g/mol. The Morgan fingerprint density at radius 1 is 1.26 bits per heavy atom. The summed E-state index contributed by atoms with van der Waals surface area (Å²) in [6.45, 7) is 6.60. The monoisotopic (exact) mass is 497 g/mol. The highest BCUT2D eigenvalue weighted by Gasteiger charge is 2.36. The molecule has 2 aliphatic rings. The molecule has 35 heavy (non-hydrogen) atoms. The van der Waals surface area contributed by atoms with Crippen molar-refractivity contribution < 1.29 is 18.0 Å². The van der Waals surface area contributed by atoms with Crippen molar-refractivity contribution in [2.45, 2.75) is 51.0 Å². The molecule has 9 nitrogen and oxygen atoms in total. The largest absolute Gasteiger partial charge is 0.340 e. The molecule has 2 aliphatic heterocycles. The number of amides is 2. The van der Waals surface area contributed by atoms with E-state index in [2.05, 4.69) is 20.0 Å². The number of pyridine rings is 1. The summed E-state index contributed by atoms with van der Waals surface area (Å²) in [5, 5.41) is 2.89. The van der Waals surface area contributed by atoms with Gasteiger partial charge in [0, 0.05) is 24.8 Å². The Morgan fingerprint density at radius 2 is 2.03 bits per heavy atom. The first kappa shape index (κ1) is 24.8. The van der Waals surface area contributed by atoms with Gasteiger partial charge in [-0.1, -0.05) is 38.5 Å². The first-order valence-electron chi connectivity index (χ1n) is 11.9. The van der Waals surface area contributed by atoms with Crippen LogP contribution < -0.4 is 10.0 Å². The molecule has 0 radical (unpaired) electrons. The smallest absolute Gasteiger partial charge is 0.263 e. The molecule has 10 heteroatoms. The zero-order valence-corrected chi connectivity index (χ0v) is 21.0. The third-order valence-corrected chi connectivity index (χ3v) is 8.12. The van der Waals surface area contributed by atoms with E-state index in [-0.39, 0.29) is 40.9 Å². The second kappa shape index (κ2) is 10.2. The molecule has 1 unspecified atom stereocenters. The number of aromatic nitrogens is 1. The van der Waals surface area contributed by atoms with Crippen LogP contribution >= 0.6 is 0 Å². The molecule has 1 saturated heterocycles. The molecule has 3 heterocycles. The first-order chi connectivity index (χ1) is 16.7. The SMILES string of the molecule is CC[C@H](C)[C@H](N=C1NS(=O)(=O)c2ccccc21)C(=O)N1CCCC(C(=O)Nc2ncccc2C)C1. The van der Waals surface area contributed by atoms with E-state index in [1.807, 2.05) is 32.9 Å². The van der Waals surface area contributed by atoms with E-state index < -0.39 is 16.1 Å². The number of sulfonamides is 1. The fourth-order valence-electron chi connectivity index (χ4n) is 4.43. The number of hydrogen-bond donors (Lipinski definition) is 2. The topological polar surface area (TPSA) is 121 Å². The highest BCUT2D eigenvalue weighted by atomic mass is 32.2. The molecular weight excluding hydrogens is 466 g/mol. The maximum absolute atomic E-state index is 13.6. The van der Waals surface area contributed by atoms with Crippen molar-refractivity contribution in [1.29, 1.82) is 0 Å². The van der Waals surface area contributed by atoms with Crippen LogP contribution in [0.1, 0.15) is 44.2 Å². The predicted octanol–water partition coefficient (Wildman–Crippen LogP) is 2.72. The van der Waals surface area contributed by atoms with Gasteiger partial charge in [0.1, 0.15) is 17.7 Å². The maximum Gasteiger partial charge on any atom is 0.263 e. The van der Waals surface area contributed by atoms with Gasteiger partial charge in [0.25, 0.3) is 10.0 Å². The van der Waals surface area contributed by atoms with Crippen LogP contribution in [0.15, 0.2) is 52.5 Å². The van der Waals surface area contributed by atoms with E-state index in [4.69, 9.17) is 0 Å². The number of hydrogen-bond acceptors (Lipinski definition) is 6. The summed E-state index contributed by atoms with van der Waals surface area (Å²) in [7, 11) is -3.70. The van der Waals surface area contributed by atoms with Gasteiger partial charge in [-0.3, -0.25) is 19.3 Å². The Morgan fingerprint density at radius 3 is 2.77 bits per heavy atom. The Hall–Kier alpha value is -3.27. The van der Waals surface area contributed by atoms with E-state index in [1.54, 1.807) is 29.3 Å². The summed E-state index contributed by atoms with van der Waals surface area (Å²) in [6, 6.07) is 9.54. The molecule has 2 aromatic rings. The second-order valence-corrected chi connectivity index (χ2v) is 10.8. The normalized spacial score (nSPS) is 21.6. The highest BCUT2D eigenvalue weighted by Crippen LogP contribution is 2.26. The quantitative estimate of drug-likeness (QED) is 0.636. The molecule has 1 fully saturated rings. The Kier molecular flexibility index (Phi) is 7.20. The number of anilines is 1. The third kappa shape index (κ3) is 5.22. The van der Waals surface area contributed by atoms with Crippen molar-refractivity contribution in [3.05, 3.63) is 53.7 Å². The minimum Gasteiger partial charge on any atom is -0.340 e. The van der Waals surface area contributed by atoms with E-state index in [1.165, 1.54) is 6.07 Å². The van der Waals surface area contributed by atoms with Crippen LogP contribution in [0.5, 0.6) is 0 Å². The van der Waals surface area contributed by atoms with Gasteiger partial charge in [-0.2, -0.15) is 0 Å². The average Bonchev–Trinajstić information content (AvgIpc) is 3.13. The molecule has 0 saturated carbocycles. The number of carbonyl (C=O) groups excluding carboxylic acids is 2. The van der Waals surface area contributed by atoms with Crippen LogP contribution in [0.2, 0.25) is 0 Å². The van der Waals surface area contributed by atoms with Crippen LogP contribution in [0, 0.1) is 18.8 Å². The van der Waals surface area contributed by atoms with Gasteiger partial charge in [0.05, 0.1) is 10.8 Å². The van der Waals surface area contributed by atoms with Gasteiger partial charge in [-0.15, -0.1) is 0 Å². The van der Waals surface area contributed by atoms with Crippen molar-refractivity contribution in [2.75, 3.05) is 18.4 Å². The summed E-state index contributed by atoms with van der Waals surface area (Å²) in [6.07, 6.45) is 3.70. The van der Waals surface area contributed by atoms with Crippen molar-refractivity contribution in [1.82, 2.24) is 14.6 Å². The summed E-state index contributed by atoms with van der Waals surface area (Å²) in [4.78, 5) is 37.3. The number of benzene rings is 1. The number of carbonyl (C=O) groups is 2. The van der Waals surface area contributed by atoms with E-state index in [0.717, 1.165) is 5.56 Å². The lowest BCUT2D eigenvalue weighted by Crippen LogP contribution is -2.49. The molecule has 0 bridgehead atoms. The Bertz CT molecular complexity index is 1260. The molecular formula is C25H31N5O4S. The van der Waals surface area contributed by atoms with Gasteiger partial charge < -0.3 is 10.2 Å². The number of nitrogens with zero attached hydrogens (tertiary/aromatic N) is 3. The van der Waals surface area contributed by atoms with Gasteiger partial charge in [-0.05, 0) is 49.4 Å². The summed E-state index contributed by atoms with van der Waals surface area (Å²) < 4.78 is 27.5. The number of piperidine rings is 1. The Labute approximate surface area is 206 Å². The van der Waals surface area contributed by atoms with Crippen LogP contribution in [0.4, 0.5) is 5.82 Å². The molecule has 2 N–H and O–H groups in total. The van der Waals surface area contributed by atoms with Gasteiger partial charge in [0.15, 0.2) is 0 Å². The van der Waals surface area contributed by atoms with E-state index in [9.17, 15) is 18.0 Å². The number of aliphatic imine (C=N–C) groups is 1. The molecule has 186 valence electrons. The summed E-state index contributed by atoms with van der Waals surface area (Å²) in [5.74, 6) is -0.106. The lowest BCUT2D eigenvalue weighted by molar-refractivity contribution is -0.136. The molecule has 3 atom stereocenters. The van der Waals surface area contributed by atoms with Crippen LogP contribution in [0.3, 0.4) is 0 Å². The molecule has 1 aromatic heterocycles. The fraction of sp³-hybridized carbons (Fsp3) is 0.440. The summed E-state index contributed by atoms with van der Waals surface area (Å²) in [5.41, 5.74) is 1.34. The molecule has 2 amide bonds. The molecule has 0 spiro atoms. The first-order valence-corrected chi connectivity index (χ1v) is 13.4. The lowest BCUT2D eigenvalue weighted by atomic mass is 9.93. The predicted molar refractivity (Wildman–Crippen MR) is 133 cm³/mol. The molecule has 1 aromatic carbocycles. The zero-order valence-electron chi connectivity index (χ0n) is 20.2. The number of aryl methyl sites for hydroxylation is 1. The zero-order chi connectivity index (χ0) is 25.2. The number of likely N-dealkylation sites (tertiary alicyclic amines) is 1. The molecule has 4 rings (SSSR count). The minimum atomic E-state index is -3.70. The number of fused-ring (bicyclic) bond motifs is 1. The van der Waals surface area contributed by atoms with Crippen molar-refractivity contribution in [3.8, 4) is 0 Å². The highest BCUT2D eigenvalue weighted by molar-refractivity contribution is 7.90. The third-order valence-electron chi connectivity index (χ3n) is 6.72. The standard InChI is InChI=1S/C25H31N5O4S/c1-4-16(2)21(27-23-19-11-5-6-12-20(19)35(33,34)29-23)25(32)30-14-8-10-18(15-30)24(31)28-22-17(3)9-7-13-26-22/h5-7,9,11-13,16,18,21H,4,8,10,14-15H2,1-3H3,(H,27,29)(H,26,28,31)/t16-,18?,21-/m0/s1. The van der Waals surface area contributed by atoms with Crippen molar-refractivity contribution >= 4 is 33.5 Å². The fourth-order valence-corrected chi connectivity index (χ4v) is 5.67. The maximum atomic E-state index is 13.6. The van der Waals surface area contributed by atoms with Gasteiger partial charge in [-0.25, -0.2) is 13.4 Å². The van der Waals surface area contributed by atoms with E-state index in [0.29, 0.717) is 37.2 Å². The van der Waals surface area contributed by atoms with E-state index >= 15 is 0 Å². The van der Waals surface area contributed by atoms with Crippen molar-refractivity contribution in [2.24, 2.45) is 16.8 Å². The van der Waals surface area contributed by atoms with Crippen LogP contribution in [-0.2, 0) is 19.6 Å². The van der Waals surface area contributed by atoms with Gasteiger partial charge in [0.2, 0.25) is 11.8 Å². The van der Waals surface area contributed by atoms with Crippen LogP contribution in [-0.4, -0.2) is 55.1 Å². The Balaban J connectivity index is 1.54. The number of rotatable bonds is 6.